The Kier molecular flexibility index (Phi) is 4.19. The molecule has 1 rings (SSSR count). The lowest BCUT2D eigenvalue weighted by molar-refractivity contribution is -0.140. The predicted molar refractivity (Wildman–Crippen MR) is 57.9 cm³/mol. The minimum absolute atomic E-state index is 0.161. The van der Waals surface area contributed by atoms with E-state index in [2.05, 4.69) is 10.3 Å². The van der Waals surface area contributed by atoms with E-state index in [0.717, 1.165) is 12.8 Å². The molecule has 7 heteroatoms. The zero-order chi connectivity index (χ0) is 13.0. The molecule has 94 valence electrons. The molecule has 17 heavy (non-hydrogen) atoms. The topological polar surface area (TPSA) is 105 Å². The van der Waals surface area contributed by atoms with E-state index in [0.29, 0.717) is 12.1 Å². The quantitative estimate of drug-likeness (QED) is 0.768. The number of hydrogen-bond acceptors (Lipinski definition) is 4. The van der Waals surface area contributed by atoms with Crippen LogP contribution >= 0.6 is 0 Å². The van der Waals surface area contributed by atoms with Crippen molar-refractivity contribution >= 4 is 11.9 Å². The summed E-state index contributed by atoms with van der Waals surface area (Å²) in [6.45, 7) is 3.41. The largest absolute Gasteiger partial charge is 0.480 e. The number of carbonyl (C=O) groups is 2. The Labute approximate surface area is 98.1 Å². The number of nitrogens with zero attached hydrogens (tertiary/aromatic N) is 3. The van der Waals surface area contributed by atoms with Crippen LogP contribution in [0.1, 0.15) is 48.9 Å². The monoisotopic (exact) mass is 241 g/mol. The highest BCUT2D eigenvalue weighted by Crippen LogP contribution is 2.15. The van der Waals surface area contributed by atoms with E-state index in [9.17, 15) is 9.59 Å². The van der Waals surface area contributed by atoms with Crippen LogP contribution in [0.3, 0.4) is 0 Å². The van der Waals surface area contributed by atoms with Gasteiger partial charge in [-0.3, -0.25) is 0 Å². The summed E-state index contributed by atoms with van der Waals surface area (Å²) < 4.78 is 1.17. The molecule has 0 spiro atoms. The van der Waals surface area contributed by atoms with E-state index < -0.39 is 18.0 Å². The fraction of sp³-hybridized carbons (Fsp3) is 0.600. The first-order chi connectivity index (χ1) is 7.99. The maximum atomic E-state index is 10.9. The molecular weight excluding hydrogens is 226 g/mol. The average Bonchev–Trinajstić information content (AvgIpc) is 2.68. The second-order valence-electron chi connectivity index (χ2n) is 3.75. The Morgan fingerprint density at radius 1 is 1.41 bits per heavy atom. The zero-order valence-electron chi connectivity index (χ0n) is 9.75. The SMILES string of the molecule is CCCCc1c(C(=O)O)nnn1C(C)C(=O)O. The summed E-state index contributed by atoms with van der Waals surface area (Å²) in [4.78, 5) is 21.8. The van der Waals surface area contributed by atoms with Crippen molar-refractivity contribution in [2.45, 2.75) is 39.2 Å². The normalized spacial score (nSPS) is 12.4. The van der Waals surface area contributed by atoms with Crippen molar-refractivity contribution in [2.75, 3.05) is 0 Å². The number of aromatic carboxylic acids is 1. The molecule has 0 radical (unpaired) electrons. The van der Waals surface area contributed by atoms with Gasteiger partial charge in [0.2, 0.25) is 0 Å². The van der Waals surface area contributed by atoms with Crippen molar-refractivity contribution in [3.05, 3.63) is 11.4 Å². The van der Waals surface area contributed by atoms with Crippen LogP contribution in [0.4, 0.5) is 0 Å². The van der Waals surface area contributed by atoms with Crippen molar-refractivity contribution in [3.63, 3.8) is 0 Å². The Balaban J connectivity index is 3.12. The van der Waals surface area contributed by atoms with Gasteiger partial charge in [0, 0.05) is 0 Å². The Hall–Kier alpha value is -1.92. The summed E-state index contributed by atoms with van der Waals surface area (Å²) in [6.07, 6.45) is 2.11. The maximum absolute atomic E-state index is 10.9. The Morgan fingerprint density at radius 3 is 2.53 bits per heavy atom. The molecule has 0 saturated carbocycles. The fourth-order valence-corrected chi connectivity index (χ4v) is 1.47. The summed E-state index contributed by atoms with van der Waals surface area (Å²) in [5.41, 5.74) is 0.209. The van der Waals surface area contributed by atoms with E-state index in [4.69, 9.17) is 10.2 Å². The van der Waals surface area contributed by atoms with Gasteiger partial charge in [0.25, 0.3) is 0 Å². The van der Waals surface area contributed by atoms with Gasteiger partial charge in [-0.1, -0.05) is 18.6 Å². The van der Waals surface area contributed by atoms with E-state index in [1.165, 1.54) is 11.6 Å². The van der Waals surface area contributed by atoms with Gasteiger partial charge in [0.1, 0.15) is 6.04 Å². The third-order valence-electron chi connectivity index (χ3n) is 2.48. The first kappa shape index (κ1) is 13.1. The smallest absolute Gasteiger partial charge is 0.358 e. The number of carboxylic acid groups (broad SMARTS) is 2. The molecule has 7 nitrogen and oxygen atoms in total. The highest BCUT2D eigenvalue weighted by molar-refractivity contribution is 5.86. The zero-order valence-corrected chi connectivity index (χ0v) is 9.75. The molecule has 0 aliphatic carbocycles. The first-order valence-corrected chi connectivity index (χ1v) is 5.39. The lowest BCUT2D eigenvalue weighted by atomic mass is 10.1. The number of unbranched alkanes of at least 4 members (excludes halogenated alkanes) is 1. The highest BCUT2D eigenvalue weighted by atomic mass is 16.4. The van der Waals surface area contributed by atoms with Crippen LogP contribution < -0.4 is 0 Å². The van der Waals surface area contributed by atoms with Gasteiger partial charge in [0.15, 0.2) is 5.69 Å². The summed E-state index contributed by atoms with van der Waals surface area (Å²) in [5.74, 6) is -2.25. The average molecular weight is 241 g/mol. The van der Waals surface area contributed by atoms with Gasteiger partial charge in [-0.05, 0) is 19.8 Å². The molecule has 0 amide bonds. The van der Waals surface area contributed by atoms with Crippen LogP contribution in [0.2, 0.25) is 0 Å². The van der Waals surface area contributed by atoms with E-state index >= 15 is 0 Å². The van der Waals surface area contributed by atoms with Gasteiger partial charge >= 0.3 is 11.9 Å². The van der Waals surface area contributed by atoms with Crippen molar-refractivity contribution in [2.24, 2.45) is 0 Å². The second-order valence-corrected chi connectivity index (χ2v) is 3.75. The number of aliphatic carboxylic acids is 1. The van der Waals surface area contributed by atoms with Crippen LogP contribution in [0, 0.1) is 0 Å². The second kappa shape index (κ2) is 5.42. The van der Waals surface area contributed by atoms with Gasteiger partial charge in [0.05, 0.1) is 5.69 Å². The van der Waals surface area contributed by atoms with Crippen molar-refractivity contribution < 1.29 is 19.8 Å². The van der Waals surface area contributed by atoms with Crippen molar-refractivity contribution in [1.82, 2.24) is 15.0 Å². The third-order valence-corrected chi connectivity index (χ3v) is 2.48. The van der Waals surface area contributed by atoms with Crippen LogP contribution in [-0.4, -0.2) is 37.1 Å². The van der Waals surface area contributed by atoms with Gasteiger partial charge < -0.3 is 10.2 Å². The molecule has 0 fully saturated rings. The fourth-order valence-electron chi connectivity index (χ4n) is 1.47. The molecule has 0 aliphatic heterocycles. The van der Waals surface area contributed by atoms with Crippen LogP contribution in [0.15, 0.2) is 0 Å². The van der Waals surface area contributed by atoms with E-state index in [1.807, 2.05) is 6.92 Å². The molecule has 1 aromatic heterocycles. The van der Waals surface area contributed by atoms with Crippen LogP contribution in [0.5, 0.6) is 0 Å². The predicted octanol–water partition coefficient (Wildman–Crippen LogP) is 0.964. The lowest BCUT2D eigenvalue weighted by Gasteiger charge is -2.10. The van der Waals surface area contributed by atoms with Gasteiger partial charge in [-0.2, -0.15) is 0 Å². The van der Waals surface area contributed by atoms with Crippen molar-refractivity contribution in [3.8, 4) is 0 Å². The molecule has 1 atom stereocenters. The Bertz CT molecular complexity index is 427. The highest BCUT2D eigenvalue weighted by Gasteiger charge is 2.24. The number of aromatic nitrogens is 3. The minimum Gasteiger partial charge on any atom is -0.480 e. The standard InChI is InChI=1S/C10H15N3O4/c1-3-4-5-7-8(10(16)17)11-12-13(7)6(2)9(14)15/h6H,3-5H2,1-2H3,(H,14,15)(H,16,17). The van der Waals surface area contributed by atoms with Crippen molar-refractivity contribution in [1.29, 1.82) is 0 Å². The maximum Gasteiger partial charge on any atom is 0.358 e. The summed E-state index contributed by atoms with van der Waals surface area (Å²) in [6, 6.07) is -0.914. The summed E-state index contributed by atoms with van der Waals surface area (Å²) in [5, 5.41) is 25.0. The number of carboxylic acids is 2. The minimum atomic E-state index is -1.18. The molecule has 2 N–H and O–H groups in total. The summed E-state index contributed by atoms with van der Waals surface area (Å²) >= 11 is 0. The van der Waals surface area contributed by atoms with Gasteiger partial charge in [-0.15, -0.1) is 5.10 Å². The molecule has 1 aromatic rings. The first-order valence-electron chi connectivity index (χ1n) is 5.39. The molecular formula is C10H15N3O4. The molecule has 0 aromatic carbocycles. The number of hydrogen-bond donors (Lipinski definition) is 2. The van der Waals surface area contributed by atoms with Crippen LogP contribution in [0.25, 0.3) is 0 Å². The van der Waals surface area contributed by atoms with E-state index in [1.54, 1.807) is 0 Å². The molecule has 0 bridgehead atoms. The lowest BCUT2D eigenvalue weighted by Crippen LogP contribution is -2.20. The van der Waals surface area contributed by atoms with Crippen LogP contribution in [-0.2, 0) is 11.2 Å². The Morgan fingerprint density at radius 2 is 2.06 bits per heavy atom. The molecule has 1 unspecified atom stereocenters. The number of rotatable bonds is 6. The summed E-state index contributed by atoms with van der Waals surface area (Å²) in [7, 11) is 0. The molecule has 1 heterocycles. The molecule has 0 aliphatic rings. The van der Waals surface area contributed by atoms with Gasteiger partial charge in [-0.25, -0.2) is 14.3 Å². The van der Waals surface area contributed by atoms with E-state index in [-0.39, 0.29) is 5.69 Å². The third kappa shape index (κ3) is 2.80. The molecule has 0 saturated heterocycles.